The number of nitrogen functional groups attached to an aromatic ring is 1. The minimum absolute atomic E-state index is 0.338. The lowest BCUT2D eigenvalue weighted by molar-refractivity contribution is 0.433. The Hall–Kier alpha value is -1.80. The Bertz CT molecular complexity index is 786. The van der Waals surface area contributed by atoms with Gasteiger partial charge in [-0.15, -0.1) is 0 Å². The average molecular weight is 355 g/mol. The Balaban J connectivity index is 2.04. The highest BCUT2D eigenvalue weighted by atomic mass is 79.9. The number of nitrogens with two attached hydrogens (primary N) is 1. The minimum Gasteiger partial charge on any atom is -0.375 e. The van der Waals surface area contributed by atoms with Crippen molar-refractivity contribution < 1.29 is 8.91 Å². The van der Waals surface area contributed by atoms with Crippen molar-refractivity contribution in [2.24, 2.45) is 0 Å². The van der Waals surface area contributed by atoms with Crippen LogP contribution in [0, 0.1) is 12.7 Å². The summed E-state index contributed by atoms with van der Waals surface area (Å²) in [6, 6.07) is 4.27. The molecule has 2 aromatic heterocycles. The van der Waals surface area contributed by atoms with Crippen molar-refractivity contribution in [3.8, 4) is 22.2 Å². The highest BCUT2D eigenvalue weighted by Crippen LogP contribution is 2.33. The third-order valence-electron chi connectivity index (χ3n) is 2.61. The number of aromatic nitrogens is 3. The number of aryl methyl sites for hydroxylation is 1. The van der Waals surface area contributed by atoms with E-state index in [2.05, 4.69) is 31.1 Å². The number of anilines is 1. The zero-order chi connectivity index (χ0) is 14.3. The summed E-state index contributed by atoms with van der Waals surface area (Å²) in [5.74, 6) is 0.386. The third kappa shape index (κ3) is 2.32. The predicted molar refractivity (Wildman–Crippen MR) is 77.6 cm³/mol. The quantitative estimate of drug-likeness (QED) is 0.759. The monoisotopic (exact) mass is 354 g/mol. The van der Waals surface area contributed by atoms with Crippen molar-refractivity contribution in [1.29, 1.82) is 0 Å². The van der Waals surface area contributed by atoms with E-state index >= 15 is 0 Å². The van der Waals surface area contributed by atoms with Gasteiger partial charge in [0.15, 0.2) is 5.13 Å². The maximum atomic E-state index is 13.1. The van der Waals surface area contributed by atoms with Crippen LogP contribution in [0.2, 0.25) is 0 Å². The molecule has 0 aliphatic heterocycles. The first-order chi connectivity index (χ1) is 9.54. The molecule has 8 heteroatoms. The highest BCUT2D eigenvalue weighted by molar-refractivity contribution is 9.10. The largest absolute Gasteiger partial charge is 0.375 e. The number of thiazole rings is 1. The van der Waals surface area contributed by atoms with Gasteiger partial charge in [-0.3, -0.25) is 0 Å². The summed E-state index contributed by atoms with van der Waals surface area (Å²) in [6.45, 7) is 1.82. The first-order valence-electron chi connectivity index (χ1n) is 5.57. The van der Waals surface area contributed by atoms with Crippen molar-refractivity contribution in [3.05, 3.63) is 34.2 Å². The number of nitrogens with zero attached hydrogens (tertiary/aromatic N) is 3. The molecule has 0 fully saturated rings. The molecule has 1 aromatic carbocycles. The van der Waals surface area contributed by atoms with E-state index in [1.165, 1.54) is 23.5 Å². The van der Waals surface area contributed by atoms with Gasteiger partial charge in [0, 0.05) is 10.0 Å². The average Bonchev–Trinajstić information content (AvgIpc) is 2.96. The summed E-state index contributed by atoms with van der Waals surface area (Å²) >= 11 is 4.56. The Labute approximate surface area is 125 Å². The Morgan fingerprint density at radius 3 is 2.80 bits per heavy atom. The maximum Gasteiger partial charge on any atom is 0.270 e. The minimum atomic E-state index is -0.338. The number of halogens is 2. The molecule has 2 N–H and O–H groups in total. The Morgan fingerprint density at radius 1 is 1.35 bits per heavy atom. The second-order valence-electron chi connectivity index (χ2n) is 4.01. The summed E-state index contributed by atoms with van der Waals surface area (Å²) in [4.78, 5) is 9.14. The van der Waals surface area contributed by atoms with Crippen molar-refractivity contribution in [3.63, 3.8) is 0 Å². The third-order valence-corrected chi connectivity index (χ3v) is 4.24. The fourth-order valence-electron chi connectivity index (χ4n) is 1.71. The zero-order valence-corrected chi connectivity index (χ0v) is 12.6. The van der Waals surface area contributed by atoms with Crippen molar-refractivity contribution in [2.75, 3.05) is 5.73 Å². The van der Waals surface area contributed by atoms with Crippen LogP contribution in [0.3, 0.4) is 0 Å². The molecule has 0 saturated carbocycles. The number of hydrogen-bond donors (Lipinski definition) is 1. The van der Waals surface area contributed by atoms with E-state index in [4.69, 9.17) is 10.3 Å². The van der Waals surface area contributed by atoms with Crippen LogP contribution in [0.5, 0.6) is 0 Å². The standard InChI is InChI=1S/C12H8BrFN4OS/c1-5-9(20-12(15)16-5)11-17-10(18-19-11)7-3-2-6(14)4-8(7)13/h2-4H,1H3,(H2,15,16). The summed E-state index contributed by atoms with van der Waals surface area (Å²) in [7, 11) is 0. The van der Waals surface area contributed by atoms with E-state index in [0.29, 0.717) is 26.9 Å². The molecule has 5 nitrogen and oxygen atoms in total. The SMILES string of the molecule is Cc1nc(N)sc1-c1nc(-c2ccc(F)cc2Br)no1. The molecule has 0 spiro atoms. The van der Waals surface area contributed by atoms with Crippen LogP contribution in [0.1, 0.15) is 5.69 Å². The van der Waals surface area contributed by atoms with Gasteiger partial charge < -0.3 is 10.3 Å². The molecule has 0 aliphatic rings. The van der Waals surface area contributed by atoms with Gasteiger partial charge in [0.25, 0.3) is 5.89 Å². The molecule has 0 bridgehead atoms. The van der Waals surface area contributed by atoms with Crippen molar-refractivity contribution in [2.45, 2.75) is 6.92 Å². The van der Waals surface area contributed by atoms with Crippen LogP contribution in [-0.2, 0) is 0 Å². The van der Waals surface area contributed by atoms with E-state index in [-0.39, 0.29) is 5.82 Å². The molecule has 0 amide bonds. The van der Waals surface area contributed by atoms with Crippen LogP contribution in [0.15, 0.2) is 27.2 Å². The molecule has 0 aliphatic carbocycles. The smallest absolute Gasteiger partial charge is 0.270 e. The second-order valence-corrected chi connectivity index (χ2v) is 5.90. The van der Waals surface area contributed by atoms with Crippen LogP contribution < -0.4 is 5.73 Å². The molecule has 3 aromatic rings. The lowest BCUT2D eigenvalue weighted by Gasteiger charge is -1.97. The second kappa shape index (κ2) is 4.95. The van der Waals surface area contributed by atoms with Crippen LogP contribution in [0.25, 0.3) is 22.2 Å². The topological polar surface area (TPSA) is 77.8 Å². The normalized spacial score (nSPS) is 10.9. The fraction of sp³-hybridized carbons (Fsp3) is 0.0833. The molecule has 0 saturated heterocycles. The molecule has 0 unspecified atom stereocenters. The zero-order valence-electron chi connectivity index (χ0n) is 10.2. The highest BCUT2D eigenvalue weighted by Gasteiger charge is 2.17. The first-order valence-corrected chi connectivity index (χ1v) is 7.18. The fourth-order valence-corrected chi connectivity index (χ4v) is 3.00. The van der Waals surface area contributed by atoms with E-state index < -0.39 is 0 Å². The van der Waals surface area contributed by atoms with Gasteiger partial charge in [-0.1, -0.05) is 16.5 Å². The van der Waals surface area contributed by atoms with Gasteiger partial charge in [0.05, 0.1) is 5.69 Å². The first kappa shape index (κ1) is 13.2. The molecule has 102 valence electrons. The summed E-state index contributed by atoms with van der Waals surface area (Å²) in [5, 5.41) is 4.35. The summed E-state index contributed by atoms with van der Waals surface area (Å²) in [6.07, 6.45) is 0. The summed E-state index contributed by atoms with van der Waals surface area (Å²) in [5.41, 5.74) is 7.03. The van der Waals surface area contributed by atoms with Crippen molar-refractivity contribution >= 4 is 32.4 Å². The maximum absolute atomic E-state index is 13.1. The van der Waals surface area contributed by atoms with Crippen LogP contribution in [-0.4, -0.2) is 15.1 Å². The molecule has 3 rings (SSSR count). The lowest BCUT2D eigenvalue weighted by Crippen LogP contribution is -1.84. The van der Waals surface area contributed by atoms with Gasteiger partial charge in [-0.2, -0.15) is 4.98 Å². The van der Waals surface area contributed by atoms with Gasteiger partial charge in [0.2, 0.25) is 5.82 Å². The van der Waals surface area contributed by atoms with E-state index in [1.807, 2.05) is 6.92 Å². The van der Waals surface area contributed by atoms with E-state index in [9.17, 15) is 4.39 Å². The van der Waals surface area contributed by atoms with Gasteiger partial charge in [-0.05, 0) is 41.1 Å². The molecule has 0 atom stereocenters. The van der Waals surface area contributed by atoms with Crippen molar-refractivity contribution in [1.82, 2.24) is 15.1 Å². The van der Waals surface area contributed by atoms with E-state index in [0.717, 1.165) is 10.6 Å². The lowest BCUT2D eigenvalue weighted by atomic mass is 10.2. The number of rotatable bonds is 2. The Morgan fingerprint density at radius 2 is 2.15 bits per heavy atom. The van der Waals surface area contributed by atoms with Gasteiger partial charge >= 0.3 is 0 Å². The van der Waals surface area contributed by atoms with Gasteiger partial charge in [-0.25, -0.2) is 9.37 Å². The molecular formula is C12H8BrFN4OS. The molecular weight excluding hydrogens is 347 g/mol. The summed E-state index contributed by atoms with van der Waals surface area (Å²) < 4.78 is 18.9. The van der Waals surface area contributed by atoms with Gasteiger partial charge in [0.1, 0.15) is 10.7 Å². The Kier molecular flexibility index (Phi) is 3.27. The van der Waals surface area contributed by atoms with E-state index in [1.54, 1.807) is 6.07 Å². The number of benzene rings is 1. The van der Waals surface area contributed by atoms with Crippen LogP contribution >= 0.6 is 27.3 Å². The molecule has 2 heterocycles. The molecule has 0 radical (unpaired) electrons. The number of hydrogen-bond acceptors (Lipinski definition) is 6. The predicted octanol–water partition coefficient (Wildman–Crippen LogP) is 3.65. The molecule has 20 heavy (non-hydrogen) atoms. The van der Waals surface area contributed by atoms with Crippen LogP contribution in [0.4, 0.5) is 9.52 Å².